The third-order valence-electron chi connectivity index (χ3n) is 5.96. The van der Waals surface area contributed by atoms with E-state index in [2.05, 4.69) is 29.4 Å². The Labute approximate surface area is 178 Å². The minimum atomic E-state index is -1.19. The number of piperidine rings is 1. The largest absolute Gasteiger partial charge is 0.476 e. The number of aryl methyl sites for hydroxylation is 1. The number of nitrogens with one attached hydrogen (secondary N) is 1. The van der Waals surface area contributed by atoms with Crippen LogP contribution in [-0.4, -0.2) is 95.0 Å². The van der Waals surface area contributed by atoms with Crippen LogP contribution in [-0.2, 0) is 4.74 Å². The maximum atomic E-state index is 10.0. The van der Waals surface area contributed by atoms with Gasteiger partial charge in [0.15, 0.2) is 0 Å². The molecule has 1 aromatic rings. The molecular formula is C22H35N3O5. The smallest absolute Gasteiger partial charge is 0.216 e. The Morgan fingerprint density at radius 1 is 1.13 bits per heavy atom. The molecule has 8 nitrogen and oxygen atoms in total. The average Bonchev–Trinajstić information content (AvgIpc) is 3.27. The number of nitrogens with zero attached hydrogens (tertiary/aromatic N) is 2. The summed E-state index contributed by atoms with van der Waals surface area (Å²) in [5.74, 6) is 0.733. The van der Waals surface area contributed by atoms with Gasteiger partial charge in [0.25, 0.3) is 0 Å². The van der Waals surface area contributed by atoms with Gasteiger partial charge >= 0.3 is 0 Å². The van der Waals surface area contributed by atoms with Gasteiger partial charge in [-0.15, -0.1) is 0 Å². The molecule has 4 atom stereocenters. The molecule has 2 heterocycles. The molecule has 5 N–H and O–H groups in total. The SMILES string of the molecule is Cc1cc(C2=NCCO2)ccc1NCCCCCCN1C[C@H](O)[C@@H](O)[C@H](O)[C@H]1CO. The van der Waals surface area contributed by atoms with E-state index in [-0.39, 0.29) is 13.2 Å². The quantitative estimate of drug-likeness (QED) is 0.349. The molecule has 1 aromatic carbocycles. The number of likely N-dealkylation sites (tertiary alicyclic amines) is 1. The number of aliphatic hydroxyl groups excluding tert-OH is 4. The van der Waals surface area contributed by atoms with Gasteiger partial charge in [0.05, 0.1) is 25.3 Å². The van der Waals surface area contributed by atoms with E-state index in [4.69, 9.17) is 4.74 Å². The molecule has 30 heavy (non-hydrogen) atoms. The highest BCUT2D eigenvalue weighted by Crippen LogP contribution is 2.21. The zero-order chi connectivity index (χ0) is 21.5. The van der Waals surface area contributed by atoms with Crippen LogP contribution in [0, 0.1) is 6.92 Å². The van der Waals surface area contributed by atoms with Crippen LogP contribution in [0.1, 0.15) is 36.8 Å². The van der Waals surface area contributed by atoms with Crippen molar-refractivity contribution in [3.63, 3.8) is 0 Å². The topological polar surface area (TPSA) is 118 Å². The summed E-state index contributed by atoms with van der Waals surface area (Å²) >= 11 is 0. The fourth-order valence-corrected chi connectivity index (χ4v) is 4.16. The van der Waals surface area contributed by atoms with Crippen LogP contribution in [0.3, 0.4) is 0 Å². The van der Waals surface area contributed by atoms with Gasteiger partial charge in [-0.05, 0) is 50.1 Å². The molecule has 0 aliphatic carbocycles. The van der Waals surface area contributed by atoms with Crippen LogP contribution < -0.4 is 5.32 Å². The number of unbranched alkanes of at least 4 members (excludes halogenated alkanes) is 3. The molecule has 0 bridgehead atoms. The first-order chi connectivity index (χ1) is 14.5. The number of aliphatic imine (C=N–C) groups is 1. The van der Waals surface area contributed by atoms with E-state index in [0.717, 1.165) is 55.9 Å². The molecule has 0 amide bonds. The fraction of sp³-hybridized carbons (Fsp3) is 0.682. The van der Waals surface area contributed by atoms with Gasteiger partial charge in [0.2, 0.25) is 5.90 Å². The predicted octanol–water partition coefficient (Wildman–Crippen LogP) is 0.503. The van der Waals surface area contributed by atoms with Gasteiger partial charge in [0, 0.05) is 24.3 Å². The Bertz CT molecular complexity index is 714. The van der Waals surface area contributed by atoms with E-state index in [1.807, 2.05) is 11.0 Å². The minimum Gasteiger partial charge on any atom is -0.476 e. The van der Waals surface area contributed by atoms with Crippen LogP contribution in [0.5, 0.6) is 0 Å². The van der Waals surface area contributed by atoms with E-state index >= 15 is 0 Å². The van der Waals surface area contributed by atoms with Crippen LogP contribution in [0.2, 0.25) is 0 Å². The normalized spacial score (nSPS) is 27.0. The molecule has 0 saturated carbocycles. The molecule has 1 saturated heterocycles. The summed E-state index contributed by atoms with van der Waals surface area (Å²) in [5, 5.41) is 42.6. The second kappa shape index (κ2) is 11.1. The number of aliphatic hydroxyl groups is 4. The van der Waals surface area contributed by atoms with Crippen LogP contribution >= 0.6 is 0 Å². The predicted molar refractivity (Wildman–Crippen MR) is 116 cm³/mol. The van der Waals surface area contributed by atoms with Crippen molar-refractivity contribution in [2.24, 2.45) is 4.99 Å². The minimum absolute atomic E-state index is 0.230. The molecule has 3 rings (SSSR count). The Hall–Kier alpha value is -1.71. The van der Waals surface area contributed by atoms with Gasteiger partial charge in [-0.1, -0.05) is 12.8 Å². The molecule has 168 valence electrons. The highest BCUT2D eigenvalue weighted by Gasteiger charge is 2.40. The van der Waals surface area contributed by atoms with E-state index in [1.54, 1.807) is 0 Å². The lowest BCUT2D eigenvalue weighted by Gasteiger charge is -2.43. The number of hydrogen-bond acceptors (Lipinski definition) is 8. The Kier molecular flexibility index (Phi) is 8.47. The second-order valence-corrected chi connectivity index (χ2v) is 8.20. The lowest BCUT2D eigenvalue weighted by molar-refractivity contribution is -0.145. The fourth-order valence-electron chi connectivity index (χ4n) is 4.16. The molecule has 0 unspecified atom stereocenters. The number of ether oxygens (including phenoxy) is 1. The monoisotopic (exact) mass is 421 g/mol. The van der Waals surface area contributed by atoms with Gasteiger partial charge < -0.3 is 30.5 Å². The Balaban J connectivity index is 1.33. The molecule has 0 radical (unpaired) electrons. The van der Waals surface area contributed by atoms with E-state index in [9.17, 15) is 20.4 Å². The summed E-state index contributed by atoms with van der Waals surface area (Å²) in [6.45, 7) is 5.10. The summed E-state index contributed by atoms with van der Waals surface area (Å²) in [5.41, 5.74) is 3.32. The summed E-state index contributed by atoms with van der Waals surface area (Å²) in [7, 11) is 0. The third kappa shape index (κ3) is 5.70. The van der Waals surface area contributed by atoms with Crippen molar-refractivity contribution in [1.29, 1.82) is 0 Å². The average molecular weight is 422 g/mol. The summed E-state index contributed by atoms with van der Waals surface area (Å²) in [6.07, 6.45) is 0.770. The number of anilines is 1. The van der Waals surface area contributed by atoms with Crippen molar-refractivity contribution < 1.29 is 25.2 Å². The first-order valence-electron chi connectivity index (χ1n) is 10.9. The standard InChI is InChI=1S/C22H35N3O5/c1-15-12-16(22-24-9-11-30-22)6-7-17(15)23-8-4-2-3-5-10-25-13-19(27)21(29)20(28)18(25)14-26/h6-7,12,18-21,23,26-29H,2-5,8-11,13-14H2,1H3/t18-,19+,20-,21-/m1/s1. The molecule has 0 aromatic heterocycles. The van der Waals surface area contributed by atoms with Gasteiger partial charge in [-0.25, -0.2) is 4.99 Å². The van der Waals surface area contributed by atoms with Gasteiger partial charge in [-0.2, -0.15) is 0 Å². The first kappa shape index (κ1) is 23.0. The maximum absolute atomic E-state index is 10.0. The molecule has 8 heteroatoms. The molecule has 1 fully saturated rings. The van der Waals surface area contributed by atoms with Gasteiger partial charge in [0.1, 0.15) is 18.8 Å². The summed E-state index contributed by atoms with van der Waals surface area (Å²) < 4.78 is 5.52. The van der Waals surface area contributed by atoms with Crippen LogP contribution in [0.15, 0.2) is 23.2 Å². The first-order valence-corrected chi connectivity index (χ1v) is 10.9. The number of hydrogen-bond donors (Lipinski definition) is 5. The Morgan fingerprint density at radius 2 is 1.93 bits per heavy atom. The summed E-state index contributed by atoms with van der Waals surface area (Å²) in [6, 6.07) is 5.69. The highest BCUT2D eigenvalue weighted by atomic mass is 16.5. The lowest BCUT2D eigenvalue weighted by Crippen LogP contribution is -2.62. The molecular weight excluding hydrogens is 386 g/mol. The molecule has 2 aliphatic rings. The van der Waals surface area contributed by atoms with Gasteiger partial charge in [-0.3, -0.25) is 4.90 Å². The Morgan fingerprint density at radius 3 is 2.63 bits per heavy atom. The maximum Gasteiger partial charge on any atom is 0.216 e. The van der Waals surface area contributed by atoms with Crippen molar-refractivity contribution in [3.05, 3.63) is 29.3 Å². The second-order valence-electron chi connectivity index (χ2n) is 8.20. The van der Waals surface area contributed by atoms with Crippen molar-refractivity contribution in [1.82, 2.24) is 4.90 Å². The van der Waals surface area contributed by atoms with Crippen molar-refractivity contribution in [3.8, 4) is 0 Å². The zero-order valence-electron chi connectivity index (χ0n) is 17.7. The third-order valence-corrected chi connectivity index (χ3v) is 5.96. The highest BCUT2D eigenvalue weighted by molar-refractivity contribution is 5.95. The number of benzene rings is 1. The van der Waals surface area contributed by atoms with E-state index < -0.39 is 24.4 Å². The van der Waals surface area contributed by atoms with E-state index in [0.29, 0.717) is 13.2 Å². The van der Waals surface area contributed by atoms with Crippen molar-refractivity contribution in [2.75, 3.05) is 44.7 Å². The number of rotatable bonds is 10. The molecule has 2 aliphatic heterocycles. The lowest BCUT2D eigenvalue weighted by atomic mass is 9.94. The number of β-amino-alcohol motifs (C(OH)–C–C–N with tert-alkyl or cyclic N) is 1. The van der Waals surface area contributed by atoms with Crippen LogP contribution in [0.25, 0.3) is 0 Å². The van der Waals surface area contributed by atoms with Crippen LogP contribution in [0.4, 0.5) is 5.69 Å². The zero-order valence-corrected chi connectivity index (χ0v) is 17.7. The summed E-state index contributed by atoms with van der Waals surface area (Å²) in [4.78, 5) is 6.23. The van der Waals surface area contributed by atoms with E-state index in [1.165, 1.54) is 5.56 Å². The van der Waals surface area contributed by atoms with Crippen molar-refractivity contribution >= 4 is 11.6 Å². The van der Waals surface area contributed by atoms with Crippen molar-refractivity contribution in [2.45, 2.75) is 57.0 Å². The molecule has 0 spiro atoms.